The Morgan fingerprint density at radius 2 is 2.11 bits per heavy atom. The summed E-state index contributed by atoms with van der Waals surface area (Å²) in [5, 5.41) is 6.63. The molecule has 0 radical (unpaired) electrons. The fraction of sp³-hybridized carbons (Fsp3) is 0.800. The number of hydrogen-bond donors (Lipinski definition) is 1. The van der Waals surface area contributed by atoms with E-state index in [1.165, 1.54) is 0 Å². The molecule has 2 rings (SSSR count). The molecule has 108 valence electrons. The molecule has 1 aromatic rings. The molecule has 0 saturated carbocycles. The molecule has 1 aromatic heterocycles. The second-order valence-electron chi connectivity index (χ2n) is 4.13. The van der Waals surface area contributed by atoms with Gasteiger partial charge >= 0.3 is 6.18 Å². The second-order valence-corrected chi connectivity index (χ2v) is 6.87. The lowest BCUT2D eigenvalue weighted by molar-refractivity contribution is -0.125. The summed E-state index contributed by atoms with van der Waals surface area (Å²) < 4.78 is 40.9. The highest BCUT2D eigenvalue weighted by molar-refractivity contribution is 8.06. The molecule has 4 nitrogen and oxygen atoms in total. The molecule has 0 amide bonds. The van der Waals surface area contributed by atoms with E-state index in [4.69, 9.17) is 4.52 Å². The van der Waals surface area contributed by atoms with E-state index in [-0.39, 0.29) is 17.7 Å². The molecular formula is C10H14F3N3OS2. The van der Waals surface area contributed by atoms with Crippen LogP contribution in [0, 0.1) is 0 Å². The van der Waals surface area contributed by atoms with E-state index in [0.29, 0.717) is 11.1 Å². The normalized spacial score (nSPS) is 24.6. The highest BCUT2D eigenvalue weighted by Gasteiger charge is 2.29. The first-order valence-electron chi connectivity index (χ1n) is 5.79. The number of hydrogen-bond acceptors (Lipinski definition) is 6. The van der Waals surface area contributed by atoms with Gasteiger partial charge in [-0.1, -0.05) is 12.1 Å². The molecule has 1 fully saturated rings. The van der Waals surface area contributed by atoms with Crippen LogP contribution in [0.4, 0.5) is 13.2 Å². The summed E-state index contributed by atoms with van der Waals surface area (Å²) in [6, 6.07) is 0. The van der Waals surface area contributed by atoms with E-state index in [9.17, 15) is 13.2 Å². The lowest BCUT2D eigenvalue weighted by atomic mass is 10.3. The van der Waals surface area contributed by atoms with Gasteiger partial charge < -0.3 is 9.84 Å². The van der Waals surface area contributed by atoms with Crippen molar-refractivity contribution in [1.82, 2.24) is 15.5 Å². The molecule has 0 aromatic carbocycles. The summed E-state index contributed by atoms with van der Waals surface area (Å²) in [7, 11) is 0. The van der Waals surface area contributed by atoms with Gasteiger partial charge in [0, 0.05) is 16.8 Å². The molecule has 1 aliphatic heterocycles. The highest BCUT2D eigenvalue weighted by Crippen LogP contribution is 2.41. The van der Waals surface area contributed by atoms with E-state index >= 15 is 0 Å². The van der Waals surface area contributed by atoms with E-state index in [2.05, 4.69) is 22.4 Å². The maximum atomic E-state index is 12.0. The number of rotatable bonds is 4. The zero-order valence-electron chi connectivity index (χ0n) is 10.2. The summed E-state index contributed by atoms with van der Waals surface area (Å²) in [5.41, 5.74) is 0. The van der Waals surface area contributed by atoms with Gasteiger partial charge in [-0.25, -0.2) is 0 Å². The van der Waals surface area contributed by atoms with Crippen LogP contribution in [0.2, 0.25) is 0 Å². The van der Waals surface area contributed by atoms with Crippen molar-refractivity contribution in [2.45, 2.75) is 30.1 Å². The van der Waals surface area contributed by atoms with Crippen LogP contribution in [0.5, 0.6) is 0 Å². The lowest BCUT2D eigenvalue weighted by Gasteiger charge is -2.24. The first-order chi connectivity index (χ1) is 8.96. The molecule has 2 unspecified atom stereocenters. The molecule has 0 bridgehead atoms. The van der Waals surface area contributed by atoms with Crippen LogP contribution in [-0.4, -0.2) is 39.6 Å². The van der Waals surface area contributed by atoms with Crippen molar-refractivity contribution in [2.75, 3.05) is 18.1 Å². The van der Waals surface area contributed by atoms with Crippen LogP contribution < -0.4 is 5.32 Å². The monoisotopic (exact) mass is 313 g/mol. The Hall–Kier alpha value is -0.410. The van der Waals surface area contributed by atoms with Crippen molar-refractivity contribution >= 4 is 23.5 Å². The van der Waals surface area contributed by atoms with E-state index in [1.54, 1.807) is 11.8 Å². The van der Waals surface area contributed by atoms with Gasteiger partial charge in [-0.15, -0.1) is 11.8 Å². The van der Waals surface area contributed by atoms with Gasteiger partial charge in [0.25, 0.3) is 0 Å². The van der Waals surface area contributed by atoms with Crippen molar-refractivity contribution < 1.29 is 17.7 Å². The van der Waals surface area contributed by atoms with Crippen molar-refractivity contribution in [1.29, 1.82) is 0 Å². The number of aromatic nitrogens is 2. The fourth-order valence-corrected chi connectivity index (χ4v) is 4.36. The Balaban J connectivity index is 1.88. The maximum Gasteiger partial charge on any atom is 0.401 e. The molecule has 0 spiro atoms. The summed E-state index contributed by atoms with van der Waals surface area (Å²) in [6.07, 6.45) is -4.23. The smallest absolute Gasteiger partial charge is 0.338 e. The van der Waals surface area contributed by atoms with Gasteiger partial charge in [-0.05, 0) is 0 Å². The zero-order valence-corrected chi connectivity index (χ0v) is 11.9. The van der Waals surface area contributed by atoms with Crippen molar-refractivity contribution in [3.63, 3.8) is 0 Å². The molecular weight excluding hydrogens is 299 g/mol. The third-order valence-electron chi connectivity index (χ3n) is 2.53. The molecule has 1 aliphatic rings. The Kier molecular flexibility index (Phi) is 5.02. The maximum absolute atomic E-state index is 12.0. The standard InChI is InChI=1S/C10H14F3N3OS2/c1-6-8(19-3-2-18-6)9-15-7(17-16-9)4-14-5-10(11,12)13/h6,8,14H,2-5H2,1H3. The molecule has 2 atom stereocenters. The molecule has 2 heterocycles. The second kappa shape index (κ2) is 6.36. The van der Waals surface area contributed by atoms with Crippen molar-refractivity contribution in [2.24, 2.45) is 0 Å². The minimum Gasteiger partial charge on any atom is -0.338 e. The number of thioether (sulfide) groups is 2. The van der Waals surface area contributed by atoms with Crippen molar-refractivity contribution in [3.8, 4) is 0 Å². The minimum atomic E-state index is -4.23. The summed E-state index contributed by atoms with van der Waals surface area (Å²) in [5.74, 6) is 2.90. The minimum absolute atomic E-state index is 0.0641. The quantitative estimate of drug-likeness (QED) is 0.922. The van der Waals surface area contributed by atoms with E-state index < -0.39 is 12.7 Å². The van der Waals surface area contributed by atoms with Crippen LogP contribution in [0.3, 0.4) is 0 Å². The SMILES string of the molecule is CC1SCCSC1c1noc(CNCC(F)(F)F)n1. The molecule has 1 N–H and O–H groups in total. The van der Waals surface area contributed by atoms with Crippen LogP contribution >= 0.6 is 23.5 Å². The predicted molar refractivity (Wildman–Crippen MR) is 69.2 cm³/mol. The average Bonchev–Trinajstić information content (AvgIpc) is 2.76. The summed E-state index contributed by atoms with van der Waals surface area (Å²) in [6.45, 7) is 0.972. The first-order valence-corrected chi connectivity index (χ1v) is 7.88. The third kappa shape index (κ3) is 4.57. The van der Waals surface area contributed by atoms with E-state index in [1.807, 2.05) is 11.8 Å². The van der Waals surface area contributed by atoms with E-state index in [0.717, 1.165) is 11.5 Å². The molecule has 9 heteroatoms. The average molecular weight is 313 g/mol. The number of halogens is 3. The lowest BCUT2D eigenvalue weighted by Crippen LogP contribution is -2.28. The van der Waals surface area contributed by atoms with Gasteiger partial charge in [-0.2, -0.15) is 29.9 Å². The fourth-order valence-electron chi connectivity index (χ4n) is 1.68. The highest BCUT2D eigenvalue weighted by atomic mass is 32.2. The number of nitrogens with zero attached hydrogens (tertiary/aromatic N) is 2. The van der Waals surface area contributed by atoms with Crippen LogP contribution in [-0.2, 0) is 6.54 Å². The largest absolute Gasteiger partial charge is 0.401 e. The Bertz CT molecular complexity index is 413. The van der Waals surface area contributed by atoms with Crippen molar-refractivity contribution in [3.05, 3.63) is 11.7 Å². The summed E-state index contributed by atoms with van der Waals surface area (Å²) in [4.78, 5) is 4.16. The van der Waals surface area contributed by atoms with Crippen LogP contribution in [0.25, 0.3) is 0 Å². The van der Waals surface area contributed by atoms with Crippen LogP contribution in [0.1, 0.15) is 23.9 Å². The Labute approximate surface area is 117 Å². The first kappa shape index (κ1) is 15.0. The summed E-state index contributed by atoms with van der Waals surface area (Å²) >= 11 is 3.60. The zero-order chi connectivity index (χ0) is 13.9. The molecule has 0 aliphatic carbocycles. The van der Waals surface area contributed by atoms with Gasteiger partial charge in [-0.3, -0.25) is 0 Å². The van der Waals surface area contributed by atoms with Crippen LogP contribution in [0.15, 0.2) is 4.52 Å². The Morgan fingerprint density at radius 1 is 1.37 bits per heavy atom. The Morgan fingerprint density at radius 3 is 2.79 bits per heavy atom. The number of nitrogens with one attached hydrogen (secondary N) is 1. The molecule has 1 saturated heterocycles. The van der Waals surface area contributed by atoms with Gasteiger partial charge in [0.05, 0.1) is 18.3 Å². The van der Waals surface area contributed by atoms with Gasteiger partial charge in [0.1, 0.15) is 0 Å². The van der Waals surface area contributed by atoms with Gasteiger partial charge in [0.2, 0.25) is 5.89 Å². The van der Waals surface area contributed by atoms with Gasteiger partial charge in [0.15, 0.2) is 5.82 Å². The predicted octanol–water partition coefficient (Wildman–Crippen LogP) is 2.63. The third-order valence-corrected chi connectivity index (χ3v) is 5.61. The topological polar surface area (TPSA) is 51.0 Å². The number of alkyl halides is 3. The molecule has 19 heavy (non-hydrogen) atoms.